The Kier molecular flexibility index (Phi) is 4.62. The molecule has 1 atom stereocenters. The average molecular weight is 303 g/mol. The van der Waals surface area contributed by atoms with E-state index in [0.717, 1.165) is 0 Å². The lowest BCUT2D eigenvalue weighted by atomic mass is 10.1. The van der Waals surface area contributed by atoms with Crippen molar-refractivity contribution in [3.8, 4) is 6.01 Å². The molecule has 1 aliphatic heterocycles. The number of aliphatic hydroxyl groups is 1. The van der Waals surface area contributed by atoms with Gasteiger partial charge in [0.1, 0.15) is 0 Å². The molecule has 0 aliphatic carbocycles. The van der Waals surface area contributed by atoms with Crippen molar-refractivity contribution in [2.24, 2.45) is 0 Å². The third-order valence-corrected chi connectivity index (χ3v) is 2.99. The summed E-state index contributed by atoms with van der Waals surface area (Å²) >= 11 is 5.90. The monoisotopic (exact) mass is 302 g/mol. The lowest BCUT2D eigenvalue weighted by molar-refractivity contribution is -0.101. The molecule has 2 heterocycles. The van der Waals surface area contributed by atoms with E-state index >= 15 is 0 Å². The Morgan fingerprint density at radius 3 is 2.85 bits per heavy atom. The number of hydrogen-bond acceptors (Lipinski definition) is 7. The number of morpholine rings is 1. The maximum atomic E-state index is 9.33. The summed E-state index contributed by atoms with van der Waals surface area (Å²) in [6.45, 7) is 7.23. The minimum absolute atomic E-state index is 0.0585. The minimum atomic E-state index is -0.406. The van der Waals surface area contributed by atoms with Crippen LogP contribution in [0, 0.1) is 0 Å². The first-order valence-corrected chi connectivity index (χ1v) is 6.89. The summed E-state index contributed by atoms with van der Waals surface area (Å²) in [7, 11) is 0. The van der Waals surface area contributed by atoms with Gasteiger partial charge in [0.2, 0.25) is 11.2 Å². The molecule has 0 spiro atoms. The van der Waals surface area contributed by atoms with E-state index in [2.05, 4.69) is 15.0 Å². The fourth-order valence-corrected chi connectivity index (χ4v) is 2.35. The zero-order chi connectivity index (χ0) is 14.8. The lowest BCUT2D eigenvalue weighted by Crippen LogP contribution is -2.54. The number of rotatable bonds is 4. The first-order valence-electron chi connectivity index (χ1n) is 6.51. The molecule has 0 saturated carbocycles. The molecule has 1 aromatic rings. The Morgan fingerprint density at radius 2 is 2.20 bits per heavy atom. The largest absolute Gasteiger partial charge is 0.464 e. The fourth-order valence-electron chi connectivity index (χ4n) is 2.20. The van der Waals surface area contributed by atoms with Crippen molar-refractivity contribution in [2.75, 3.05) is 31.2 Å². The van der Waals surface area contributed by atoms with Crippen LogP contribution in [0.25, 0.3) is 0 Å². The molecule has 0 bridgehead atoms. The Balaban J connectivity index is 2.25. The molecule has 1 aromatic heterocycles. The van der Waals surface area contributed by atoms with E-state index in [1.807, 2.05) is 25.7 Å². The molecule has 1 unspecified atom stereocenters. The van der Waals surface area contributed by atoms with Crippen LogP contribution in [0.5, 0.6) is 6.01 Å². The summed E-state index contributed by atoms with van der Waals surface area (Å²) in [5.74, 6) is 0.434. The molecule has 1 aliphatic rings. The molecule has 1 fully saturated rings. The minimum Gasteiger partial charge on any atom is -0.464 e. The standard InChI is InChI=1S/C12H19ClN4O3/c1-4-19-11-15-9(13)14-10(16-11)17-5-8(6-18)20-12(2,3)7-17/h8,18H,4-7H2,1-3H3. The van der Waals surface area contributed by atoms with Crippen LogP contribution < -0.4 is 9.64 Å². The van der Waals surface area contributed by atoms with Crippen LogP contribution in [0.15, 0.2) is 0 Å². The van der Waals surface area contributed by atoms with Gasteiger partial charge in [-0.25, -0.2) is 0 Å². The molecule has 7 nitrogen and oxygen atoms in total. The molecule has 0 amide bonds. The number of aromatic nitrogens is 3. The third kappa shape index (κ3) is 3.68. The van der Waals surface area contributed by atoms with Gasteiger partial charge in [0.15, 0.2) is 0 Å². The predicted molar refractivity (Wildman–Crippen MR) is 74.3 cm³/mol. The van der Waals surface area contributed by atoms with Crippen LogP contribution in [0.4, 0.5) is 5.95 Å². The van der Waals surface area contributed by atoms with Gasteiger partial charge in [0, 0.05) is 13.1 Å². The van der Waals surface area contributed by atoms with Crippen molar-refractivity contribution in [3.63, 3.8) is 0 Å². The Labute approximate surface area is 122 Å². The maximum absolute atomic E-state index is 9.33. The smallest absolute Gasteiger partial charge is 0.322 e. The van der Waals surface area contributed by atoms with Gasteiger partial charge in [-0.05, 0) is 32.4 Å². The number of anilines is 1. The molecule has 1 N–H and O–H groups in total. The van der Waals surface area contributed by atoms with Crippen molar-refractivity contribution in [3.05, 3.63) is 5.28 Å². The van der Waals surface area contributed by atoms with Crippen LogP contribution in [0.1, 0.15) is 20.8 Å². The van der Waals surface area contributed by atoms with Gasteiger partial charge in [-0.2, -0.15) is 15.0 Å². The SMILES string of the molecule is CCOc1nc(Cl)nc(N2CC(CO)OC(C)(C)C2)n1. The third-order valence-electron chi connectivity index (χ3n) is 2.82. The fraction of sp³-hybridized carbons (Fsp3) is 0.750. The Hall–Kier alpha value is -1.18. The summed E-state index contributed by atoms with van der Waals surface area (Å²) in [5, 5.41) is 9.41. The summed E-state index contributed by atoms with van der Waals surface area (Å²) < 4.78 is 11.0. The van der Waals surface area contributed by atoms with Gasteiger partial charge in [0.05, 0.1) is 24.9 Å². The topological polar surface area (TPSA) is 80.6 Å². The maximum Gasteiger partial charge on any atom is 0.322 e. The molecule has 20 heavy (non-hydrogen) atoms. The van der Waals surface area contributed by atoms with Crippen LogP contribution in [0.2, 0.25) is 5.28 Å². The summed E-state index contributed by atoms with van der Waals surface area (Å²) in [6, 6.07) is 0.201. The quantitative estimate of drug-likeness (QED) is 0.885. The lowest BCUT2D eigenvalue weighted by Gasteiger charge is -2.42. The van der Waals surface area contributed by atoms with Crippen molar-refractivity contribution in [1.29, 1.82) is 0 Å². The van der Waals surface area contributed by atoms with Gasteiger partial charge in [-0.1, -0.05) is 0 Å². The van der Waals surface area contributed by atoms with Crippen molar-refractivity contribution in [1.82, 2.24) is 15.0 Å². The van der Waals surface area contributed by atoms with Crippen LogP contribution >= 0.6 is 11.6 Å². The Bertz CT molecular complexity index is 472. The second kappa shape index (κ2) is 6.07. The van der Waals surface area contributed by atoms with E-state index in [-0.39, 0.29) is 24.0 Å². The second-order valence-corrected chi connectivity index (χ2v) is 5.52. The number of nitrogens with zero attached hydrogens (tertiary/aromatic N) is 4. The second-order valence-electron chi connectivity index (χ2n) is 5.18. The molecule has 2 rings (SSSR count). The molecular weight excluding hydrogens is 284 g/mol. The summed E-state index contributed by atoms with van der Waals surface area (Å²) in [6.07, 6.45) is -0.287. The number of hydrogen-bond donors (Lipinski definition) is 1. The van der Waals surface area contributed by atoms with E-state index in [9.17, 15) is 5.11 Å². The molecular formula is C12H19ClN4O3. The van der Waals surface area contributed by atoms with Gasteiger partial charge in [0.25, 0.3) is 0 Å². The van der Waals surface area contributed by atoms with Gasteiger partial charge < -0.3 is 19.5 Å². The summed E-state index contributed by atoms with van der Waals surface area (Å²) in [4.78, 5) is 14.2. The van der Waals surface area contributed by atoms with E-state index in [4.69, 9.17) is 21.1 Å². The highest BCUT2D eigenvalue weighted by Crippen LogP contribution is 2.25. The van der Waals surface area contributed by atoms with Crippen LogP contribution in [-0.4, -0.2) is 58.1 Å². The number of aliphatic hydroxyl groups excluding tert-OH is 1. The number of ether oxygens (including phenoxy) is 2. The molecule has 112 valence electrons. The van der Waals surface area contributed by atoms with Crippen molar-refractivity contribution < 1.29 is 14.6 Å². The first-order chi connectivity index (χ1) is 9.43. The highest BCUT2D eigenvalue weighted by atomic mass is 35.5. The zero-order valence-corrected chi connectivity index (χ0v) is 12.6. The predicted octanol–water partition coefficient (Wildman–Crippen LogP) is 0.900. The van der Waals surface area contributed by atoms with E-state index in [1.54, 1.807) is 0 Å². The Morgan fingerprint density at radius 1 is 1.45 bits per heavy atom. The molecule has 8 heteroatoms. The van der Waals surface area contributed by atoms with Crippen molar-refractivity contribution in [2.45, 2.75) is 32.5 Å². The van der Waals surface area contributed by atoms with Crippen LogP contribution in [0.3, 0.4) is 0 Å². The van der Waals surface area contributed by atoms with Crippen molar-refractivity contribution >= 4 is 17.5 Å². The van der Waals surface area contributed by atoms with E-state index in [1.165, 1.54) is 0 Å². The average Bonchev–Trinajstić information content (AvgIpc) is 2.36. The molecule has 1 saturated heterocycles. The van der Waals surface area contributed by atoms with E-state index in [0.29, 0.717) is 25.6 Å². The summed E-state index contributed by atoms with van der Waals surface area (Å²) in [5.41, 5.74) is -0.406. The number of halogens is 1. The molecule has 0 radical (unpaired) electrons. The van der Waals surface area contributed by atoms with Gasteiger partial charge in [-0.15, -0.1) is 0 Å². The normalized spacial score (nSPS) is 21.9. The molecule has 0 aromatic carbocycles. The first kappa shape index (κ1) is 15.2. The van der Waals surface area contributed by atoms with Gasteiger partial charge >= 0.3 is 6.01 Å². The highest BCUT2D eigenvalue weighted by molar-refractivity contribution is 6.28. The highest BCUT2D eigenvalue weighted by Gasteiger charge is 2.34. The van der Waals surface area contributed by atoms with E-state index < -0.39 is 5.60 Å². The van der Waals surface area contributed by atoms with Crippen LogP contribution in [-0.2, 0) is 4.74 Å². The van der Waals surface area contributed by atoms with Gasteiger partial charge in [-0.3, -0.25) is 0 Å². The zero-order valence-electron chi connectivity index (χ0n) is 11.8.